The summed E-state index contributed by atoms with van der Waals surface area (Å²) in [5.41, 5.74) is 0.341. The second-order valence-corrected chi connectivity index (χ2v) is 5.60. The predicted octanol–water partition coefficient (Wildman–Crippen LogP) is 2.55. The fourth-order valence-corrected chi connectivity index (χ4v) is 2.58. The molecule has 2 rings (SSSR count). The first-order chi connectivity index (χ1) is 9.16. The van der Waals surface area contributed by atoms with Gasteiger partial charge in [-0.15, -0.1) is 0 Å². The third-order valence-corrected chi connectivity index (χ3v) is 3.88. The molecule has 1 heterocycles. The highest BCUT2D eigenvalue weighted by Gasteiger charge is 2.40. The van der Waals surface area contributed by atoms with Gasteiger partial charge >= 0.3 is 5.97 Å². The maximum atomic E-state index is 12.3. The van der Waals surface area contributed by atoms with Gasteiger partial charge in [-0.2, -0.15) is 0 Å². The molecule has 1 aliphatic rings. The Kier molecular flexibility index (Phi) is 4.82. The van der Waals surface area contributed by atoms with Crippen LogP contribution in [0.1, 0.15) is 19.8 Å². The van der Waals surface area contributed by atoms with Gasteiger partial charge in [0.1, 0.15) is 5.54 Å². The molecule has 0 aromatic heterocycles. The van der Waals surface area contributed by atoms with Gasteiger partial charge in [-0.25, -0.2) is 4.79 Å². The molecule has 0 unspecified atom stereocenters. The molecule has 104 valence electrons. The number of nitrogens with one attached hydrogen (secondary N) is 2. The topological polar surface area (TPSA) is 50.4 Å². The number of carbonyl (C=O) groups excluding carboxylic acids is 1. The van der Waals surface area contributed by atoms with E-state index < -0.39 is 5.54 Å². The lowest BCUT2D eigenvalue weighted by Crippen LogP contribution is -2.54. The molecule has 0 bridgehead atoms. The molecule has 1 fully saturated rings. The number of carbonyl (C=O) groups is 1. The molecule has 0 radical (unpaired) electrons. The van der Waals surface area contributed by atoms with E-state index in [0.29, 0.717) is 6.61 Å². The second kappa shape index (κ2) is 6.39. The Balaban J connectivity index is 2.17. The van der Waals surface area contributed by atoms with E-state index in [-0.39, 0.29) is 5.97 Å². The molecular formula is C14H19BrN2O2. The summed E-state index contributed by atoms with van der Waals surface area (Å²) >= 11 is 3.41. The van der Waals surface area contributed by atoms with Crippen LogP contribution in [0.3, 0.4) is 0 Å². The predicted molar refractivity (Wildman–Crippen MR) is 79.2 cm³/mol. The van der Waals surface area contributed by atoms with Crippen LogP contribution in [-0.4, -0.2) is 31.2 Å². The van der Waals surface area contributed by atoms with E-state index in [1.807, 2.05) is 31.2 Å². The van der Waals surface area contributed by atoms with Crippen molar-refractivity contribution in [3.8, 4) is 0 Å². The van der Waals surface area contributed by atoms with Crippen molar-refractivity contribution >= 4 is 27.6 Å². The largest absolute Gasteiger partial charge is 0.464 e. The molecule has 5 heteroatoms. The number of hydrogen-bond acceptors (Lipinski definition) is 4. The standard InChI is InChI=1S/C14H19BrN2O2/c1-2-19-13(18)14(7-9-16-10-8-14)17-12-5-3-11(15)4-6-12/h3-6,16-17H,2,7-10H2,1H3. The number of hydrogen-bond donors (Lipinski definition) is 2. The van der Waals surface area contributed by atoms with Gasteiger partial charge in [0.05, 0.1) is 6.61 Å². The van der Waals surface area contributed by atoms with Crippen molar-refractivity contribution in [2.45, 2.75) is 25.3 Å². The Labute approximate surface area is 122 Å². The first kappa shape index (κ1) is 14.3. The quantitative estimate of drug-likeness (QED) is 0.835. The van der Waals surface area contributed by atoms with Crippen LogP contribution in [-0.2, 0) is 9.53 Å². The zero-order valence-electron chi connectivity index (χ0n) is 11.0. The van der Waals surface area contributed by atoms with Crippen molar-refractivity contribution < 1.29 is 9.53 Å². The van der Waals surface area contributed by atoms with Gasteiger partial charge in [0, 0.05) is 10.2 Å². The van der Waals surface area contributed by atoms with E-state index >= 15 is 0 Å². The highest BCUT2D eigenvalue weighted by molar-refractivity contribution is 9.10. The fourth-order valence-electron chi connectivity index (χ4n) is 2.31. The summed E-state index contributed by atoms with van der Waals surface area (Å²) in [4.78, 5) is 12.3. The highest BCUT2D eigenvalue weighted by Crippen LogP contribution is 2.26. The maximum absolute atomic E-state index is 12.3. The Morgan fingerprint density at radius 2 is 2.00 bits per heavy atom. The van der Waals surface area contributed by atoms with Gasteiger partial charge in [-0.05, 0) is 57.1 Å². The molecule has 0 aliphatic carbocycles. The SMILES string of the molecule is CCOC(=O)C1(Nc2ccc(Br)cc2)CCNCC1. The van der Waals surface area contributed by atoms with E-state index in [1.165, 1.54) is 0 Å². The van der Waals surface area contributed by atoms with Crippen molar-refractivity contribution in [2.75, 3.05) is 25.0 Å². The van der Waals surface area contributed by atoms with Crippen LogP contribution in [0.2, 0.25) is 0 Å². The normalized spacial score (nSPS) is 17.8. The minimum Gasteiger partial charge on any atom is -0.464 e. The molecule has 1 aromatic rings. The molecule has 1 saturated heterocycles. The minimum atomic E-state index is -0.602. The Hall–Kier alpha value is -1.07. The van der Waals surface area contributed by atoms with Crippen LogP contribution < -0.4 is 10.6 Å². The summed E-state index contributed by atoms with van der Waals surface area (Å²) in [6.07, 6.45) is 1.48. The summed E-state index contributed by atoms with van der Waals surface area (Å²) < 4.78 is 6.26. The molecule has 1 aromatic carbocycles. The lowest BCUT2D eigenvalue weighted by Gasteiger charge is -2.36. The molecular weight excluding hydrogens is 308 g/mol. The Morgan fingerprint density at radius 3 is 2.58 bits per heavy atom. The first-order valence-electron chi connectivity index (χ1n) is 6.58. The summed E-state index contributed by atoms with van der Waals surface area (Å²) in [7, 11) is 0. The second-order valence-electron chi connectivity index (χ2n) is 4.68. The Bertz CT molecular complexity index is 428. The number of ether oxygens (including phenoxy) is 1. The number of piperidine rings is 1. The zero-order chi connectivity index (χ0) is 13.7. The lowest BCUT2D eigenvalue weighted by molar-refractivity contribution is -0.149. The van der Waals surface area contributed by atoms with Crippen LogP contribution in [0.5, 0.6) is 0 Å². The van der Waals surface area contributed by atoms with Gasteiger partial charge in [-0.3, -0.25) is 0 Å². The van der Waals surface area contributed by atoms with Gasteiger partial charge in [0.15, 0.2) is 0 Å². The first-order valence-corrected chi connectivity index (χ1v) is 7.37. The van der Waals surface area contributed by atoms with E-state index in [2.05, 4.69) is 26.6 Å². The van der Waals surface area contributed by atoms with Crippen molar-refractivity contribution in [1.29, 1.82) is 0 Å². The lowest BCUT2D eigenvalue weighted by atomic mass is 9.88. The average Bonchev–Trinajstić information content (AvgIpc) is 2.43. The number of rotatable bonds is 4. The van der Waals surface area contributed by atoms with Crippen LogP contribution in [0.25, 0.3) is 0 Å². The third kappa shape index (κ3) is 3.48. The van der Waals surface area contributed by atoms with Crippen LogP contribution >= 0.6 is 15.9 Å². The van der Waals surface area contributed by atoms with Crippen molar-refractivity contribution in [3.05, 3.63) is 28.7 Å². The summed E-state index contributed by atoms with van der Waals surface area (Å²) in [5, 5.41) is 6.65. The van der Waals surface area contributed by atoms with Gasteiger partial charge in [0.2, 0.25) is 0 Å². The molecule has 0 amide bonds. The van der Waals surface area contributed by atoms with Crippen LogP contribution in [0.4, 0.5) is 5.69 Å². The Morgan fingerprint density at radius 1 is 1.37 bits per heavy atom. The molecule has 2 N–H and O–H groups in total. The third-order valence-electron chi connectivity index (χ3n) is 3.35. The van der Waals surface area contributed by atoms with Crippen molar-refractivity contribution in [2.24, 2.45) is 0 Å². The van der Waals surface area contributed by atoms with Crippen molar-refractivity contribution in [1.82, 2.24) is 5.32 Å². The molecule has 0 saturated carbocycles. The van der Waals surface area contributed by atoms with Gasteiger partial charge in [0.25, 0.3) is 0 Å². The number of halogens is 1. The summed E-state index contributed by atoms with van der Waals surface area (Å²) in [5.74, 6) is -0.153. The molecule has 0 spiro atoms. The minimum absolute atomic E-state index is 0.153. The highest BCUT2D eigenvalue weighted by atomic mass is 79.9. The van der Waals surface area contributed by atoms with E-state index in [0.717, 1.165) is 36.1 Å². The van der Waals surface area contributed by atoms with E-state index in [9.17, 15) is 4.79 Å². The molecule has 4 nitrogen and oxygen atoms in total. The molecule has 19 heavy (non-hydrogen) atoms. The summed E-state index contributed by atoms with van der Waals surface area (Å²) in [6, 6.07) is 7.85. The average molecular weight is 327 g/mol. The number of esters is 1. The summed E-state index contributed by atoms with van der Waals surface area (Å²) in [6.45, 7) is 3.90. The van der Waals surface area contributed by atoms with Crippen molar-refractivity contribution in [3.63, 3.8) is 0 Å². The van der Waals surface area contributed by atoms with Gasteiger partial charge < -0.3 is 15.4 Å². The van der Waals surface area contributed by atoms with Gasteiger partial charge in [-0.1, -0.05) is 15.9 Å². The van der Waals surface area contributed by atoms with E-state index in [4.69, 9.17) is 4.74 Å². The monoisotopic (exact) mass is 326 g/mol. The fraction of sp³-hybridized carbons (Fsp3) is 0.500. The number of anilines is 1. The smallest absolute Gasteiger partial charge is 0.331 e. The zero-order valence-corrected chi connectivity index (χ0v) is 12.6. The van der Waals surface area contributed by atoms with Crippen LogP contribution in [0.15, 0.2) is 28.7 Å². The van der Waals surface area contributed by atoms with Crippen LogP contribution in [0, 0.1) is 0 Å². The molecule has 0 atom stereocenters. The van der Waals surface area contributed by atoms with E-state index in [1.54, 1.807) is 0 Å². The maximum Gasteiger partial charge on any atom is 0.331 e. The number of benzene rings is 1. The molecule has 1 aliphatic heterocycles.